The van der Waals surface area contributed by atoms with Crippen LogP contribution in [0.5, 0.6) is 5.88 Å². The van der Waals surface area contributed by atoms with Crippen molar-refractivity contribution in [3.8, 4) is 5.88 Å². The Bertz CT molecular complexity index is 599. The fourth-order valence-corrected chi connectivity index (χ4v) is 2.13. The van der Waals surface area contributed by atoms with Crippen molar-refractivity contribution < 1.29 is 9.13 Å². The molecule has 22 heavy (non-hydrogen) atoms. The van der Waals surface area contributed by atoms with Crippen LogP contribution in [0.15, 0.2) is 30.3 Å². The van der Waals surface area contributed by atoms with Gasteiger partial charge in [0, 0.05) is 19.2 Å². The van der Waals surface area contributed by atoms with Crippen molar-refractivity contribution >= 4 is 0 Å². The van der Waals surface area contributed by atoms with Crippen molar-refractivity contribution in [2.75, 3.05) is 7.05 Å². The molecule has 0 spiro atoms. The number of hydrogen-bond acceptors (Lipinski definition) is 3. The molecule has 0 radical (unpaired) electrons. The third kappa shape index (κ3) is 4.84. The topological polar surface area (TPSA) is 39.1 Å². The number of nitrogens with one attached hydrogen (secondary N) is 1. The Morgan fingerprint density at radius 1 is 1.23 bits per heavy atom. The van der Waals surface area contributed by atoms with Crippen LogP contribution >= 0.6 is 0 Å². The molecule has 0 saturated heterocycles. The summed E-state index contributed by atoms with van der Waals surface area (Å²) in [7, 11) is 1.89. The van der Waals surface area contributed by atoms with Crippen LogP contribution in [0.2, 0.25) is 0 Å². The molecule has 5 heteroatoms. The van der Waals surface area contributed by atoms with Crippen molar-refractivity contribution in [2.45, 2.75) is 40.5 Å². The highest BCUT2D eigenvalue weighted by molar-refractivity contribution is 5.19. The second kappa shape index (κ2) is 6.92. The lowest BCUT2D eigenvalue weighted by Gasteiger charge is -2.19. The molecule has 1 heterocycles. The summed E-state index contributed by atoms with van der Waals surface area (Å²) in [4.78, 5) is 0. The average molecular weight is 305 g/mol. The number of hydrogen-bond donors (Lipinski definition) is 1. The molecular weight excluding hydrogens is 281 g/mol. The molecule has 0 aliphatic heterocycles. The van der Waals surface area contributed by atoms with Crippen molar-refractivity contribution in [1.82, 2.24) is 15.1 Å². The van der Waals surface area contributed by atoms with E-state index < -0.39 is 0 Å². The van der Waals surface area contributed by atoms with Crippen LogP contribution in [0.1, 0.15) is 32.0 Å². The van der Waals surface area contributed by atoms with Gasteiger partial charge in [0.2, 0.25) is 5.88 Å². The molecule has 4 nitrogen and oxygen atoms in total. The number of nitrogens with zero attached hydrogens (tertiary/aromatic N) is 2. The summed E-state index contributed by atoms with van der Waals surface area (Å²) in [6, 6.07) is 8.30. The summed E-state index contributed by atoms with van der Waals surface area (Å²) < 4.78 is 20.7. The highest BCUT2D eigenvalue weighted by Crippen LogP contribution is 2.22. The third-order valence-electron chi connectivity index (χ3n) is 3.08. The Morgan fingerprint density at radius 3 is 2.50 bits per heavy atom. The molecule has 0 unspecified atom stereocenters. The molecule has 1 aromatic heterocycles. The predicted octanol–water partition coefficient (Wildman–Crippen LogP) is 3.37. The first kappa shape index (κ1) is 16.5. The van der Waals surface area contributed by atoms with Gasteiger partial charge in [-0.05, 0) is 30.2 Å². The molecule has 1 aromatic carbocycles. The quantitative estimate of drug-likeness (QED) is 0.889. The van der Waals surface area contributed by atoms with Crippen LogP contribution in [-0.2, 0) is 19.7 Å². The van der Waals surface area contributed by atoms with Crippen molar-refractivity contribution in [1.29, 1.82) is 0 Å². The fraction of sp³-hybridized carbons (Fsp3) is 0.471. The van der Waals surface area contributed by atoms with Crippen LogP contribution in [0.3, 0.4) is 0 Å². The van der Waals surface area contributed by atoms with E-state index in [0.29, 0.717) is 13.2 Å². The predicted molar refractivity (Wildman–Crippen MR) is 85.2 cm³/mol. The van der Waals surface area contributed by atoms with E-state index in [1.54, 1.807) is 12.1 Å². The van der Waals surface area contributed by atoms with Crippen LogP contribution in [0.4, 0.5) is 4.39 Å². The van der Waals surface area contributed by atoms with Gasteiger partial charge in [-0.3, -0.25) is 0 Å². The zero-order valence-electron chi connectivity index (χ0n) is 13.7. The molecule has 0 atom stereocenters. The molecule has 2 rings (SSSR count). The molecule has 0 saturated carbocycles. The minimum absolute atomic E-state index is 0.108. The van der Waals surface area contributed by atoms with E-state index in [0.717, 1.165) is 23.7 Å². The molecule has 120 valence electrons. The van der Waals surface area contributed by atoms with Gasteiger partial charge in [0.15, 0.2) is 0 Å². The van der Waals surface area contributed by atoms with E-state index in [-0.39, 0.29) is 11.2 Å². The second-order valence-corrected chi connectivity index (χ2v) is 6.64. The van der Waals surface area contributed by atoms with Crippen molar-refractivity contribution in [3.63, 3.8) is 0 Å². The first-order chi connectivity index (χ1) is 10.4. The Hall–Kier alpha value is -1.88. The van der Waals surface area contributed by atoms with E-state index >= 15 is 0 Å². The van der Waals surface area contributed by atoms with Gasteiger partial charge >= 0.3 is 0 Å². The summed E-state index contributed by atoms with van der Waals surface area (Å²) in [6.07, 6.45) is 0. The minimum atomic E-state index is -0.238. The van der Waals surface area contributed by atoms with E-state index in [2.05, 4.69) is 31.2 Å². The normalized spacial score (nSPS) is 11.7. The first-order valence-corrected chi connectivity index (χ1v) is 7.46. The molecule has 0 fully saturated rings. The van der Waals surface area contributed by atoms with Crippen LogP contribution in [-0.4, -0.2) is 16.8 Å². The number of halogens is 1. The Balaban J connectivity index is 2.11. The van der Waals surface area contributed by atoms with E-state index in [4.69, 9.17) is 4.74 Å². The lowest BCUT2D eigenvalue weighted by molar-refractivity contribution is 0.242. The standard InChI is InChI=1S/C17H24FN3O/c1-17(2,3)12-21-16(9-15(20-21)10-19-4)22-11-13-5-7-14(18)8-6-13/h5-9,19H,10-12H2,1-4H3. The van der Waals surface area contributed by atoms with Gasteiger partial charge in [-0.1, -0.05) is 32.9 Å². The second-order valence-electron chi connectivity index (χ2n) is 6.64. The van der Waals surface area contributed by atoms with Gasteiger partial charge < -0.3 is 10.1 Å². The van der Waals surface area contributed by atoms with Crippen molar-refractivity contribution in [2.24, 2.45) is 5.41 Å². The van der Waals surface area contributed by atoms with Crippen LogP contribution in [0.25, 0.3) is 0 Å². The smallest absolute Gasteiger partial charge is 0.212 e. The maximum absolute atomic E-state index is 12.9. The van der Waals surface area contributed by atoms with E-state index in [1.165, 1.54) is 12.1 Å². The van der Waals surface area contributed by atoms with E-state index in [9.17, 15) is 4.39 Å². The summed E-state index contributed by atoms with van der Waals surface area (Å²) >= 11 is 0. The highest BCUT2D eigenvalue weighted by Gasteiger charge is 2.16. The zero-order valence-corrected chi connectivity index (χ0v) is 13.7. The maximum atomic E-state index is 12.9. The summed E-state index contributed by atoms with van der Waals surface area (Å²) in [5.41, 5.74) is 1.98. The monoisotopic (exact) mass is 305 g/mol. The fourth-order valence-electron chi connectivity index (χ4n) is 2.13. The number of aromatic nitrogens is 2. The molecule has 0 amide bonds. The first-order valence-electron chi connectivity index (χ1n) is 7.46. The largest absolute Gasteiger partial charge is 0.473 e. The molecule has 0 aliphatic carbocycles. The van der Waals surface area contributed by atoms with Gasteiger partial charge in [0.1, 0.15) is 12.4 Å². The molecule has 1 N–H and O–H groups in total. The Morgan fingerprint density at radius 2 is 1.91 bits per heavy atom. The van der Waals surface area contributed by atoms with Gasteiger partial charge in [0.25, 0.3) is 0 Å². The number of ether oxygens (including phenoxy) is 1. The maximum Gasteiger partial charge on any atom is 0.212 e. The summed E-state index contributed by atoms with van der Waals surface area (Å²) in [6.45, 7) is 8.36. The van der Waals surface area contributed by atoms with Gasteiger partial charge in [-0.25, -0.2) is 9.07 Å². The van der Waals surface area contributed by atoms with Crippen molar-refractivity contribution in [3.05, 3.63) is 47.4 Å². The third-order valence-corrected chi connectivity index (χ3v) is 3.08. The lowest BCUT2D eigenvalue weighted by atomic mass is 9.97. The van der Waals surface area contributed by atoms with Gasteiger partial charge in [-0.15, -0.1) is 0 Å². The zero-order chi connectivity index (χ0) is 16.2. The number of benzene rings is 1. The summed E-state index contributed by atoms with van der Waals surface area (Å²) in [5, 5.41) is 7.68. The molecule has 0 aliphatic rings. The lowest BCUT2D eigenvalue weighted by Crippen LogP contribution is -2.18. The SMILES string of the molecule is CNCc1cc(OCc2ccc(F)cc2)n(CC(C)(C)C)n1. The minimum Gasteiger partial charge on any atom is -0.473 e. The molecule has 2 aromatic rings. The average Bonchev–Trinajstić information content (AvgIpc) is 2.78. The Kier molecular flexibility index (Phi) is 5.19. The van der Waals surface area contributed by atoms with E-state index in [1.807, 2.05) is 17.8 Å². The number of rotatable bonds is 6. The molecule has 0 bridgehead atoms. The Labute approximate surface area is 131 Å². The summed E-state index contributed by atoms with van der Waals surface area (Å²) in [5.74, 6) is 0.502. The molecular formula is C17H24FN3O. The van der Waals surface area contributed by atoms with Gasteiger partial charge in [-0.2, -0.15) is 5.10 Å². The van der Waals surface area contributed by atoms with Gasteiger partial charge in [0.05, 0.1) is 5.69 Å². The van der Waals surface area contributed by atoms with Crippen LogP contribution in [0, 0.1) is 11.2 Å². The van der Waals surface area contributed by atoms with Crippen LogP contribution < -0.4 is 10.1 Å². The highest BCUT2D eigenvalue weighted by atomic mass is 19.1.